The molecule has 0 saturated carbocycles. The number of carbonyl (C=O) groups excluding carboxylic acids is 1. The number of hydrogen-bond donors (Lipinski definition) is 2. The summed E-state index contributed by atoms with van der Waals surface area (Å²) < 4.78 is 4.51. The van der Waals surface area contributed by atoms with Crippen LogP contribution in [0.25, 0.3) is 0 Å². The maximum atomic E-state index is 10.8. The smallest absolute Gasteiger partial charge is 0.306 e. The van der Waals surface area contributed by atoms with Crippen LogP contribution in [0.5, 0.6) is 0 Å². The molecule has 0 spiro atoms. The minimum atomic E-state index is -0.198. The number of methoxy groups -OCH3 is 1. The molecule has 1 rings (SSSR count). The molecule has 0 saturated heterocycles. The summed E-state index contributed by atoms with van der Waals surface area (Å²) in [7, 11) is 1.39. The van der Waals surface area contributed by atoms with Gasteiger partial charge in [0.25, 0.3) is 0 Å². The summed E-state index contributed by atoms with van der Waals surface area (Å²) in [5.41, 5.74) is 2.03. The van der Waals surface area contributed by atoms with Crippen LogP contribution in [0, 0.1) is 6.92 Å². The van der Waals surface area contributed by atoms with Crippen molar-refractivity contribution in [3.8, 4) is 0 Å². The Balaban J connectivity index is 2.16. The second-order valence-corrected chi connectivity index (χ2v) is 2.98. The third-order valence-corrected chi connectivity index (χ3v) is 1.96. The van der Waals surface area contributed by atoms with Gasteiger partial charge in [-0.15, -0.1) is 0 Å². The summed E-state index contributed by atoms with van der Waals surface area (Å²) in [6, 6.07) is 0. The first-order valence-corrected chi connectivity index (χ1v) is 4.50. The Hall–Kier alpha value is -1.36. The topological polar surface area (TPSA) is 67.0 Å². The van der Waals surface area contributed by atoms with E-state index < -0.39 is 0 Å². The molecule has 0 aliphatic heterocycles. The van der Waals surface area contributed by atoms with Crippen LogP contribution in [-0.4, -0.2) is 29.6 Å². The molecule has 5 nitrogen and oxygen atoms in total. The SMILES string of the molecule is COC(=O)CCNCc1nc[nH]c1C. The zero-order valence-electron chi connectivity index (χ0n) is 8.46. The van der Waals surface area contributed by atoms with Crippen LogP contribution < -0.4 is 5.32 Å². The van der Waals surface area contributed by atoms with E-state index in [2.05, 4.69) is 20.0 Å². The van der Waals surface area contributed by atoms with Gasteiger partial charge >= 0.3 is 5.97 Å². The third kappa shape index (κ3) is 3.18. The molecule has 1 aromatic heterocycles. The highest BCUT2D eigenvalue weighted by atomic mass is 16.5. The van der Waals surface area contributed by atoms with Gasteiger partial charge in [0, 0.05) is 18.8 Å². The van der Waals surface area contributed by atoms with E-state index in [1.54, 1.807) is 6.33 Å². The highest BCUT2D eigenvalue weighted by Crippen LogP contribution is 1.98. The molecule has 5 heteroatoms. The molecule has 0 amide bonds. The van der Waals surface area contributed by atoms with E-state index in [9.17, 15) is 4.79 Å². The van der Waals surface area contributed by atoms with Crippen LogP contribution in [-0.2, 0) is 16.1 Å². The number of ether oxygens (including phenoxy) is 1. The fraction of sp³-hybridized carbons (Fsp3) is 0.556. The van der Waals surface area contributed by atoms with Gasteiger partial charge in [0.1, 0.15) is 0 Å². The first-order valence-electron chi connectivity index (χ1n) is 4.50. The van der Waals surface area contributed by atoms with E-state index in [0.717, 1.165) is 11.4 Å². The van der Waals surface area contributed by atoms with Crippen LogP contribution in [0.4, 0.5) is 0 Å². The van der Waals surface area contributed by atoms with Gasteiger partial charge in [0.15, 0.2) is 0 Å². The highest BCUT2D eigenvalue weighted by Gasteiger charge is 2.01. The Morgan fingerprint density at radius 1 is 1.71 bits per heavy atom. The summed E-state index contributed by atoms with van der Waals surface area (Å²) in [5, 5.41) is 3.11. The minimum Gasteiger partial charge on any atom is -0.469 e. The van der Waals surface area contributed by atoms with E-state index in [0.29, 0.717) is 19.5 Å². The third-order valence-electron chi connectivity index (χ3n) is 1.96. The highest BCUT2D eigenvalue weighted by molar-refractivity contribution is 5.69. The number of hydrogen-bond acceptors (Lipinski definition) is 4. The van der Waals surface area contributed by atoms with Crippen LogP contribution >= 0.6 is 0 Å². The molecule has 78 valence electrons. The van der Waals surface area contributed by atoms with Crippen molar-refractivity contribution in [1.29, 1.82) is 0 Å². The van der Waals surface area contributed by atoms with Crippen molar-refractivity contribution in [2.45, 2.75) is 19.9 Å². The van der Waals surface area contributed by atoms with Gasteiger partial charge in [-0.2, -0.15) is 0 Å². The van der Waals surface area contributed by atoms with Gasteiger partial charge in [0.05, 0.1) is 25.6 Å². The standard InChI is InChI=1S/C9H15N3O2/c1-7-8(12-6-11-7)5-10-4-3-9(13)14-2/h6,10H,3-5H2,1-2H3,(H,11,12). The molecule has 0 aromatic carbocycles. The van der Waals surface area contributed by atoms with Crippen LogP contribution in [0.2, 0.25) is 0 Å². The van der Waals surface area contributed by atoms with Crippen molar-refractivity contribution in [1.82, 2.24) is 15.3 Å². The van der Waals surface area contributed by atoms with E-state index >= 15 is 0 Å². The molecule has 2 N–H and O–H groups in total. The van der Waals surface area contributed by atoms with E-state index in [1.165, 1.54) is 7.11 Å². The number of nitrogens with zero attached hydrogens (tertiary/aromatic N) is 1. The molecule has 1 heterocycles. The summed E-state index contributed by atoms with van der Waals surface area (Å²) in [6.45, 7) is 3.25. The van der Waals surface area contributed by atoms with Crippen molar-refractivity contribution in [2.24, 2.45) is 0 Å². The van der Waals surface area contributed by atoms with Crippen LogP contribution in [0.3, 0.4) is 0 Å². The molecule has 14 heavy (non-hydrogen) atoms. The first kappa shape index (κ1) is 10.7. The average molecular weight is 197 g/mol. The monoisotopic (exact) mass is 197 g/mol. The quantitative estimate of drug-likeness (QED) is 0.528. The lowest BCUT2D eigenvalue weighted by atomic mass is 10.3. The Labute approximate surface area is 82.9 Å². The van der Waals surface area contributed by atoms with Crippen molar-refractivity contribution >= 4 is 5.97 Å². The van der Waals surface area contributed by atoms with E-state index in [-0.39, 0.29) is 5.97 Å². The average Bonchev–Trinajstić information content (AvgIpc) is 2.58. The number of nitrogens with one attached hydrogen (secondary N) is 2. The Kier molecular flexibility index (Phi) is 4.12. The molecule has 0 fully saturated rings. The lowest BCUT2D eigenvalue weighted by Crippen LogP contribution is -2.19. The second kappa shape index (κ2) is 5.39. The number of imidazole rings is 1. The molecule has 0 aliphatic carbocycles. The maximum absolute atomic E-state index is 10.8. The first-order chi connectivity index (χ1) is 6.74. The van der Waals surface area contributed by atoms with Gasteiger partial charge in [-0.25, -0.2) is 4.98 Å². The molecular weight excluding hydrogens is 182 g/mol. The predicted molar refractivity (Wildman–Crippen MR) is 51.7 cm³/mol. The van der Waals surface area contributed by atoms with Crippen molar-refractivity contribution < 1.29 is 9.53 Å². The second-order valence-electron chi connectivity index (χ2n) is 2.98. The molecule has 0 aliphatic rings. The number of rotatable bonds is 5. The van der Waals surface area contributed by atoms with Crippen LogP contribution in [0.15, 0.2) is 6.33 Å². The largest absolute Gasteiger partial charge is 0.469 e. The van der Waals surface area contributed by atoms with E-state index in [4.69, 9.17) is 0 Å². The normalized spacial score (nSPS) is 10.1. The summed E-state index contributed by atoms with van der Waals surface area (Å²) in [5.74, 6) is -0.198. The lowest BCUT2D eigenvalue weighted by molar-refractivity contribution is -0.140. The van der Waals surface area contributed by atoms with Gasteiger partial charge < -0.3 is 15.0 Å². The fourth-order valence-corrected chi connectivity index (χ4v) is 1.06. The Morgan fingerprint density at radius 3 is 3.07 bits per heavy atom. The lowest BCUT2D eigenvalue weighted by Gasteiger charge is -2.02. The number of aromatic amines is 1. The molecule has 0 bridgehead atoms. The van der Waals surface area contributed by atoms with E-state index in [1.807, 2.05) is 6.92 Å². The summed E-state index contributed by atoms with van der Waals surface area (Å²) in [6.07, 6.45) is 2.05. The van der Waals surface area contributed by atoms with Gasteiger partial charge in [-0.3, -0.25) is 4.79 Å². The molecule has 0 radical (unpaired) electrons. The molecular formula is C9H15N3O2. The molecule has 0 atom stereocenters. The minimum absolute atomic E-state index is 0.198. The summed E-state index contributed by atoms with van der Waals surface area (Å²) in [4.78, 5) is 17.9. The van der Waals surface area contributed by atoms with Crippen molar-refractivity contribution in [2.75, 3.05) is 13.7 Å². The van der Waals surface area contributed by atoms with Crippen LogP contribution in [0.1, 0.15) is 17.8 Å². The number of aromatic nitrogens is 2. The fourth-order valence-electron chi connectivity index (χ4n) is 1.06. The number of aryl methyl sites for hydroxylation is 1. The molecule has 1 aromatic rings. The Bertz CT molecular complexity index is 296. The van der Waals surface area contributed by atoms with Crippen molar-refractivity contribution in [3.63, 3.8) is 0 Å². The zero-order valence-corrected chi connectivity index (χ0v) is 8.46. The predicted octanol–water partition coefficient (Wildman–Crippen LogP) is 0.371. The van der Waals surface area contributed by atoms with Gasteiger partial charge in [0.2, 0.25) is 0 Å². The zero-order chi connectivity index (χ0) is 10.4. The number of H-pyrrole nitrogens is 1. The number of esters is 1. The Morgan fingerprint density at radius 2 is 2.50 bits per heavy atom. The number of carbonyl (C=O) groups is 1. The molecule has 0 unspecified atom stereocenters. The summed E-state index contributed by atoms with van der Waals surface area (Å²) >= 11 is 0. The van der Waals surface area contributed by atoms with Gasteiger partial charge in [-0.1, -0.05) is 0 Å². The maximum Gasteiger partial charge on any atom is 0.306 e. The van der Waals surface area contributed by atoms with Gasteiger partial charge in [-0.05, 0) is 6.92 Å². The van der Waals surface area contributed by atoms with Crippen molar-refractivity contribution in [3.05, 3.63) is 17.7 Å².